The maximum Gasteiger partial charge on any atom is 0.251 e. The van der Waals surface area contributed by atoms with Gasteiger partial charge in [-0.1, -0.05) is 6.07 Å². The van der Waals surface area contributed by atoms with Gasteiger partial charge in [0.1, 0.15) is 0 Å². The molecule has 1 amide bonds. The molecule has 1 aromatic rings. The Hall–Kier alpha value is -0.610. The van der Waals surface area contributed by atoms with E-state index in [-0.39, 0.29) is 5.91 Å². The van der Waals surface area contributed by atoms with E-state index in [0.29, 0.717) is 6.04 Å². The summed E-state index contributed by atoms with van der Waals surface area (Å²) in [4.78, 5) is 12.8. The molecular formula is C12H15NOS2. The molecule has 0 spiro atoms. The van der Waals surface area contributed by atoms with Crippen LogP contribution >= 0.6 is 24.4 Å². The van der Waals surface area contributed by atoms with Crippen LogP contribution < -0.4 is 5.32 Å². The fourth-order valence-corrected chi connectivity index (χ4v) is 3.12. The smallest absolute Gasteiger partial charge is 0.251 e. The van der Waals surface area contributed by atoms with Crippen LogP contribution in [0.5, 0.6) is 0 Å². The molecular weight excluding hydrogens is 238 g/mol. The summed E-state index contributed by atoms with van der Waals surface area (Å²) >= 11 is 6.16. The Labute approximate surface area is 106 Å². The van der Waals surface area contributed by atoms with Crippen molar-refractivity contribution < 1.29 is 4.79 Å². The molecule has 0 saturated carbocycles. The molecule has 1 aliphatic rings. The molecule has 1 atom stereocenters. The number of nitrogens with one attached hydrogen (secondary N) is 1. The molecule has 2 rings (SSSR count). The lowest BCUT2D eigenvalue weighted by atomic mass is 10.1. The predicted molar refractivity (Wildman–Crippen MR) is 71.6 cm³/mol. The maximum atomic E-state index is 12.0. The number of carbonyl (C=O) groups is 1. The van der Waals surface area contributed by atoms with Crippen molar-refractivity contribution in [3.8, 4) is 0 Å². The van der Waals surface area contributed by atoms with Gasteiger partial charge in [0.2, 0.25) is 0 Å². The van der Waals surface area contributed by atoms with Crippen molar-refractivity contribution in [1.82, 2.24) is 5.32 Å². The molecule has 1 heterocycles. The number of aryl methyl sites for hydroxylation is 1. The van der Waals surface area contributed by atoms with Gasteiger partial charge in [0.05, 0.1) is 0 Å². The molecule has 1 aromatic carbocycles. The molecule has 0 radical (unpaired) electrons. The van der Waals surface area contributed by atoms with Gasteiger partial charge < -0.3 is 5.32 Å². The highest BCUT2D eigenvalue weighted by Crippen LogP contribution is 2.19. The van der Waals surface area contributed by atoms with Crippen molar-refractivity contribution in [2.24, 2.45) is 0 Å². The molecule has 2 nitrogen and oxygen atoms in total. The second-order valence-corrected chi connectivity index (χ2v) is 5.70. The van der Waals surface area contributed by atoms with Crippen LogP contribution in [0.25, 0.3) is 0 Å². The minimum atomic E-state index is 0.0286. The van der Waals surface area contributed by atoms with Crippen molar-refractivity contribution in [2.75, 3.05) is 11.5 Å². The quantitative estimate of drug-likeness (QED) is 0.793. The van der Waals surface area contributed by atoms with Gasteiger partial charge in [-0.3, -0.25) is 4.79 Å². The van der Waals surface area contributed by atoms with Crippen LogP contribution in [-0.2, 0) is 0 Å². The number of carbonyl (C=O) groups excluding carboxylic acids is 1. The van der Waals surface area contributed by atoms with Crippen LogP contribution in [-0.4, -0.2) is 23.5 Å². The lowest BCUT2D eigenvalue weighted by Gasteiger charge is -2.13. The van der Waals surface area contributed by atoms with Crippen LogP contribution in [0.15, 0.2) is 23.1 Å². The summed E-state index contributed by atoms with van der Waals surface area (Å²) in [7, 11) is 0. The third-order valence-electron chi connectivity index (χ3n) is 2.73. The topological polar surface area (TPSA) is 29.1 Å². The standard InChI is InChI=1S/C12H15NOS2/c1-8-2-3-10(15)6-11(8)12(14)13-9-4-5-16-7-9/h2-3,6,9,15H,4-5,7H2,1H3,(H,13,14). The van der Waals surface area contributed by atoms with Gasteiger partial charge in [-0.05, 0) is 36.8 Å². The van der Waals surface area contributed by atoms with Crippen LogP contribution in [0.4, 0.5) is 0 Å². The molecule has 0 aliphatic carbocycles. The van der Waals surface area contributed by atoms with Crippen molar-refractivity contribution in [3.05, 3.63) is 29.3 Å². The Morgan fingerprint density at radius 3 is 3.06 bits per heavy atom. The van der Waals surface area contributed by atoms with E-state index in [1.54, 1.807) is 0 Å². The van der Waals surface area contributed by atoms with Crippen LogP contribution in [0.3, 0.4) is 0 Å². The van der Waals surface area contributed by atoms with Gasteiger partial charge in [0.25, 0.3) is 5.91 Å². The first-order chi connectivity index (χ1) is 7.66. The third kappa shape index (κ3) is 2.74. The number of thioether (sulfide) groups is 1. The number of thiol groups is 1. The number of benzene rings is 1. The van der Waals surface area contributed by atoms with Crippen molar-refractivity contribution in [1.29, 1.82) is 0 Å². The molecule has 86 valence electrons. The third-order valence-corrected chi connectivity index (χ3v) is 4.17. The second kappa shape index (κ2) is 5.15. The molecule has 16 heavy (non-hydrogen) atoms. The SMILES string of the molecule is Cc1ccc(S)cc1C(=O)NC1CCSC1. The molecule has 1 aliphatic heterocycles. The van der Waals surface area contributed by atoms with E-state index >= 15 is 0 Å². The Balaban J connectivity index is 2.10. The lowest BCUT2D eigenvalue weighted by Crippen LogP contribution is -2.34. The predicted octanol–water partition coefficient (Wildman–Crippen LogP) is 2.52. The van der Waals surface area contributed by atoms with Gasteiger partial charge >= 0.3 is 0 Å². The minimum Gasteiger partial charge on any atom is -0.348 e. The normalized spacial score (nSPS) is 19.8. The van der Waals surface area contributed by atoms with E-state index in [9.17, 15) is 4.79 Å². The minimum absolute atomic E-state index is 0.0286. The first-order valence-corrected chi connectivity index (χ1v) is 6.95. The van der Waals surface area contributed by atoms with E-state index in [1.807, 2.05) is 36.9 Å². The van der Waals surface area contributed by atoms with Crippen LogP contribution in [0.1, 0.15) is 22.3 Å². The average molecular weight is 253 g/mol. The zero-order valence-corrected chi connectivity index (χ0v) is 10.9. The molecule has 1 fully saturated rings. The second-order valence-electron chi connectivity index (χ2n) is 4.03. The monoisotopic (exact) mass is 253 g/mol. The van der Waals surface area contributed by atoms with E-state index in [2.05, 4.69) is 17.9 Å². The van der Waals surface area contributed by atoms with Gasteiger partial charge in [-0.25, -0.2) is 0 Å². The van der Waals surface area contributed by atoms with Gasteiger partial charge in [-0.2, -0.15) is 11.8 Å². The molecule has 0 aromatic heterocycles. The van der Waals surface area contributed by atoms with Crippen LogP contribution in [0.2, 0.25) is 0 Å². The number of hydrogen-bond acceptors (Lipinski definition) is 3. The molecule has 1 N–H and O–H groups in total. The maximum absolute atomic E-state index is 12.0. The Kier molecular flexibility index (Phi) is 3.82. The van der Waals surface area contributed by atoms with Gasteiger partial charge in [0.15, 0.2) is 0 Å². The first kappa shape index (κ1) is 11.9. The summed E-state index contributed by atoms with van der Waals surface area (Å²) in [6.07, 6.45) is 1.08. The fraction of sp³-hybridized carbons (Fsp3) is 0.417. The Morgan fingerprint density at radius 2 is 2.38 bits per heavy atom. The highest BCUT2D eigenvalue weighted by atomic mass is 32.2. The summed E-state index contributed by atoms with van der Waals surface area (Å²) in [6, 6.07) is 6.00. The fourth-order valence-electron chi connectivity index (χ4n) is 1.77. The van der Waals surface area contributed by atoms with Crippen molar-refractivity contribution in [3.63, 3.8) is 0 Å². The zero-order valence-electron chi connectivity index (χ0n) is 9.19. The lowest BCUT2D eigenvalue weighted by molar-refractivity contribution is 0.0940. The summed E-state index contributed by atoms with van der Waals surface area (Å²) in [5, 5.41) is 3.07. The molecule has 1 unspecified atom stereocenters. The van der Waals surface area contributed by atoms with Gasteiger partial charge in [-0.15, -0.1) is 12.6 Å². The average Bonchev–Trinajstić information content (AvgIpc) is 2.74. The van der Waals surface area contributed by atoms with E-state index in [0.717, 1.165) is 33.9 Å². The van der Waals surface area contributed by atoms with E-state index in [4.69, 9.17) is 0 Å². The van der Waals surface area contributed by atoms with Gasteiger partial charge in [0, 0.05) is 22.3 Å². The van der Waals surface area contributed by atoms with E-state index < -0.39 is 0 Å². The summed E-state index contributed by atoms with van der Waals surface area (Å²) in [5.74, 6) is 2.21. The van der Waals surface area contributed by atoms with Crippen molar-refractivity contribution >= 4 is 30.3 Å². The van der Waals surface area contributed by atoms with Crippen molar-refractivity contribution in [2.45, 2.75) is 24.3 Å². The molecule has 4 heteroatoms. The largest absolute Gasteiger partial charge is 0.348 e. The Morgan fingerprint density at radius 1 is 1.56 bits per heavy atom. The number of rotatable bonds is 2. The summed E-state index contributed by atoms with van der Waals surface area (Å²) in [6.45, 7) is 1.95. The zero-order chi connectivity index (χ0) is 11.5. The number of hydrogen-bond donors (Lipinski definition) is 2. The summed E-state index contributed by atoms with van der Waals surface area (Å²) < 4.78 is 0. The van der Waals surface area contributed by atoms with E-state index in [1.165, 1.54) is 0 Å². The first-order valence-electron chi connectivity index (χ1n) is 5.35. The highest BCUT2D eigenvalue weighted by Gasteiger charge is 2.19. The highest BCUT2D eigenvalue weighted by molar-refractivity contribution is 7.99. The Bertz CT molecular complexity index is 400. The number of amides is 1. The molecule has 1 saturated heterocycles. The molecule has 0 bridgehead atoms. The van der Waals surface area contributed by atoms with Crippen LogP contribution in [0, 0.1) is 6.92 Å². The summed E-state index contributed by atoms with van der Waals surface area (Å²) in [5.41, 5.74) is 1.74.